The molecular formula is C22H21FN6O2S. The molecule has 0 aliphatic carbocycles. The normalized spacial score (nSPS) is 11.5. The lowest BCUT2D eigenvalue weighted by molar-refractivity contribution is 0.581. The van der Waals surface area contributed by atoms with Gasteiger partial charge in [-0.25, -0.2) is 32.5 Å². The molecule has 0 aliphatic heterocycles. The summed E-state index contributed by atoms with van der Waals surface area (Å²) >= 11 is 0. The standard InChI is InChI=1S/C22H21FN6O2S/c1-15-25-14-21(29(15)2)20-11-12-24-22(28-20)27-18-7-9-19(10-8-18)32(30,31)26-13-16-3-5-17(23)6-4-16/h3-12,14,26H,13H2,1-2H3,(H,24,27,28). The average Bonchev–Trinajstić information content (AvgIpc) is 3.12. The minimum Gasteiger partial charge on any atom is -0.330 e. The van der Waals surface area contributed by atoms with E-state index in [2.05, 4.69) is 25.0 Å². The number of rotatable bonds is 7. The molecule has 0 radical (unpaired) electrons. The Morgan fingerprint density at radius 2 is 1.72 bits per heavy atom. The van der Waals surface area contributed by atoms with Crippen molar-refractivity contribution in [2.45, 2.75) is 18.4 Å². The highest BCUT2D eigenvalue weighted by molar-refractivity contribution is 7.89. The number of aromatic nitrogens is 4. The Hall–Kier alpha value is -3.63. The van der Waals surface area contributed by atoms with E-state index < -0.39 is 10.0 Å². The van der Waals surface area contributed by atoms with Crippen molar-refractivity contribution < 1.29 is 12.8 Å². The summed E-state index contributed by atoms with van der Waals surface area (Å²) in [6, 6.07) is 13.7. The van der Waals surface area contributed by atoms with Gasteiger partial charge in [-0.15, -0.1) is 0 Å². The molecule has 0 saturated carbocycles. The highest BCUT2D eigenvalue weighted by Gasteiger charge is 2.14. The van der Waals surface area contributed by atoms with Gasteiger partial charge in [-0.05, 0) is 55.0 Å². The van der Waals surface area contributed by atoms with Crippen molar-refractivity contribution in [3.05, 3.63) is 84.2 Å². The summed E-state index contributed by atoms with van der Waals surface area (Å²) in [7, 11) is -1.80. The molecule has 0 saturated heterocycles. The maximum absolute atomic E-state index is 13.0. The highest BCUT2D eigenvalue weighted by Crippen LogP contribution is 2.21. The zero-order valence-corrected chi connectivity index (χ0v) is 18.3. The smallest absolute Gasteiger partial charge is 0.240 e. The summed E-state index contributed by atoms with van der Waals surface area (Å²) in [5.74, 6) is 0.883. The SMILES string of the molecule is Cc1ncc(-c2ccnc(Nc3ccc(S(=O)(=O)NCc4ccc(F)cc4)cc3)n2)n1C. The van der Waals surface area contributed by atoms with Gasteiger partial charge in [0.2, 0.25) is 16.0 Å². The zero-order valence-electron chi connectivity index (χ0n) is 17.4. The maximum atomic E-state index is 13.0. The molecule has 2 aromatic carbocycles. The van der Waals surface area contributed by atoms with Gasteiger partial charge in [0.05, 0.1) is 22.5 Å². The molecule has 0 amide bonds. The molecule has 0 aliphatic rings. The van der Waals surface area contributed by atoms with Gasteiger partial charge in [0.1, 0.15) is 11.6 Å². The molecule has 10 heteroatoms. The van der Waals surface area contributed by atoms with E-state index in [0.29, 0.717) is 17.2 Å². The number of benzene rings is 2. The Bertz CT molecular complexity index is 1340. The van der Waals surface area contributed by atoms with Crippen LogP contribution >= 0.6 is 0 Å². The monoisotopic (exact) mass is 452 g/mol. The predicted molar refractivity (Wildman–Crippen MR) is 119 cm³/mol. The fraction of sp³-hybridized carbons (Fsp3) is 0.136. The first-order chi connectivity index (χ1) is 15.3. The summed E-state index contributed by atoms with van der Waals surface area (Å²) in [5.41, 5.74) is 2.88. The van der Waals surface area contributed by atoms with Crippen LogP contribution in [0.3, 0.4) is 0 Å². The maximum Gasteiger partial charge on any atom is 0.240 e. The van der Waals surface area contributed by atoms with Crippen LogP contribution in [0.25, 0.3) is 11.4 Å². The van der Waals surface area contributed by atoms with Gasteiger partial charge >= 0.3 is 0 Å². The van der Waals surface area contributed by atoms with E-state index in [-0.39, 0.29) is 17.3 Å². The predicted octanol–water partition coefficient (Wildman–Crippen LogP) is 3.55. The molecule has 8 nitrogen and oxygen atoms in total. The molecule has 32 heavy (non-hydrogen) atoms. The number of sulfonamides is 1. The third kappa shape index (κ3) is 4.82. The van der Waals surface area contributed by atoms with E-state index in [4.69, 9.17) is 0 Å². The van der Waals surface area contributed by atoms with Crippen molar-refractivity contribution in [3.63, 3.8) is 0 Å². The minimum absolute atomic E-state index is 0.0662. The number of nitrogens with one attached hydrogen (secondary N) is 2. The number of hydrogen-bond donors (Lipinski definition) is 2. The van der Waals surface area contributed by atoms with E-state index in [1.807, 2.05) is 18.5 Å². The first-order valence-corrected chi connectivity index (χ1v) is 11.2. The lowest BCUT2D eigenvalue weighted by Crippen LogP contribution is -2.23. The van der Waals surface area contributed by atoms with Crippen LogP contribution in [0.15, 0.2) is 71.9 Å². The second-order valence-electron chi connectivity index (χ2n) is 7.12. The molecular weight excluding hydrogens is 431 g/mol. The summed E-state index contributed by atoms with van der Waals surface area (Å²) in [6.45, 7) is 1.98. The Balaban J connectivity index is 1.45. The quantitative estimate of drug-likeness (QED) is 0.445. The van der Waals surface area contributed by atoms with Gasteiger partial charge in [0.15, 0.2) is 0 Å². The second kappa shape index (κ2) is 8.85. The minimum atomic E-state index is -3.72. The number of anilines is 2. The summed E-state index contributed by atoms with van der Waals surface area (Å²) < 4.78 is 42.5. The molecule has 0 unspecified atom stereocenters. The molecule has 164 valence electrons. The molecule has 0 bridgehead atoms. The summed E-state index contributed by atoms with van der Waals surface area (Å²) in [6.07, 6.45) is 3.39. The fourth-order valence-corrected chi connectivity index (χ4v) is 4.03. The molecule has 4 rings (SSSR count). The Kier molecular flexibility index (Phi) is 5.97. The van der Waals surface area contributed by atoms with E-state index in [1.165, 1.54) is 36.4 Å². The molecule has 4 aromatic rings. The third-order valence-electron chi connectivity index (χ3n) is 4.94. The molecule has 0 atom stereocenters. The molecule has 0 spiro atoms. The van der Waals surface area contributed by atoms with Crippen LogP contribution < -0.4 is 10.0 Å². The van der Waals surface area contributed by atoms with Gasteiger partial charge in [-0.1, -0.05) is 12.1 Å². The van der Waals surface area contributed by atoms with Gasteiger partial charge in [0, 0.05) is 25.5 Å². The number of imidazole rings is 1. The molecule has 0 fully saturated rings. The first-order valence-electron chi connectivity index (χ1n) is 9.75. The van der Waals surface area contributed by atoms with E-state index in [9.17, 15) is 12.8 Å². The lowest BCUT2D eigenvalue weighted by atomic mass is 10.2. The largest absolute Gasteiger partial charge is 0.330 e. The van der Waals surface area contributed by atoms with E-state index >= 15 is 0 Å². The Labute approximate surface area is 185 Å². The Morgan fingerprint density at radius 3 is 2.38 bits per heavy atom. The molecule has 2 aromatic heterocycles. The highest BCUT2D eigenvalue weighted by atomic mass is 32.2. The van der Waals surface area contributed by atoms with Gasteiger partial charge in [-0.2, -0.15) is 0 Å². The van der Waals surface area contributed by atoms with Crippen LogP contribution in [0.1, 0.15) is 11.4 Å². The van der Waals surface area contributed by atoms with Crippen molar-refractivity contribution >= 4 is 21.7 Å². The van der Waals surface area contributed by atoms with Crippen LogP contribution in [-0.4, -0.2) is 27.9 Å². The number of halogens is 1. The average molecular weight is 453 g/mol. The van der Waals surface area contributed by atoms with Crippen LogP contribution in [0, 0.1) is 12.7 Å². The van der Waals surface area contributed by atoms with Crippen LogP contribution in [0.5, 0.6) is 0 Å². The molecule has 2 N–H and O–H groups in total. The third-order valence-corrected chi connectivity index (χ3v) is 6.36. The zero-order chi connectivity index (χ0) is 22.7. The van der Waals surface area contributed by atoms with E-state index in [1.54, 1.807) is 30.6 Å². The van der Waals surface area contributed by atoms with Crippen molar-refractivity contribution in [1.82, 2.24) is 24.2 Å². The Morgan fingerprint density at radius 1 is 1.00 bits per heavy atom. The summed E-state index contributed by atoms with van der Waals surface area (Å²) in [5, 5.41) is 3.08. The van der Waals surface area contributed by atoms with Crippen LogP contribution in [0.4, 0.5) is 16.0 Å². The first kappa shape index (κ1) is 21.6. The van der Waals surface area contributed by atoms with Crippen molar-refractivity contribution in [1.29, 1.82) is 0 Å². The van der Waals surface area contributed by atoms with E-state index in [0.717, 1.165) is 17.2 Å². The topological polar surface area (TPSA) is 102 Å². The molecule has 2 heterocycles. The summed E-state index contributed by atoms with van der Waals surface area (Å²) in [4.78, 5) is 13.1. The lowest BCUT2D eigenvalue weighted by Gasteiger charge is -2.09. The van der Waals surface area contributed by atoms with Crippen molar-refractivity contribution in [2.75, 3.05) is 5.32 Å². The van der Waals surface area contributed by atoms with Crippen LogP contribution in [-0.2, 0) is 23.6 Å². The number of hydrogen-bond acceptors (Lipinski definition) is 6. The van der Waals surface area contributed by atoms with Crippen molar-refractivity contribution in [3.8, 4) is 11.4 Å². The number of aryl methyl sites for hydroxylation is 1. The second-order valence-corrected chi connectivity index (χ2v) is 8.88. The van der Waals surface area contributed by atoms with Gasteiger partial charge in [0.25, 0.3) is 0 Å². The fourth-order valence-electron chi connectivity index (χ4n) is 3.01. The van der Waals surface area contributed by atoms with Crippen LogP contribution in [0.2, 0.25) is 0 Å². The van der Waals surface area contributed by atoms with Gasteiger partial charge in [-0.3, -0.25) is 0 Å². The van der Waals surface area contributed by atoms with Crippen molar-refractivity contribution in [2.24, 2.45) is 7.05 Å². The van der Waals surface area contributed by atoms with Gasteiger partial charge < -0.3 is 9.88 Å². The number of nitrogens with zero attached hydrogens (tertiary/aromatic N) is 4.